The first-order chi connectivity index (χ1) is 15.0. The fraction of sp³-hybridized carbons (Fsp3) is 0.522. The topological polar surface area (TPSA) is 63.4 Å². The molecule has 0 N–H and O–H groups in total. The Morgan fingerprint density at radius 2 is 1.87 bits per heavy atom. The van der Waals surface area contributed by atoms with Crippen molar-refractivity contribution in [1.82, 2.24) is 23.3 Å². The van der Waals surface area contributed by atoms with E-state index in [4.69, 9.17) is 4.98 Å². The number of sulfonamides is 1. The van der Waals surface area contributed by atoms with Gasteiger partial charge in [-0.3, -0.25) is 4.90 Å². The molecule has 1 aromatic carbocycles. The summed E-state index contributed by atoms with van der Waals surface area (Å²) < 4.78 is 32.4. The third-order valence-corrected chi connectivity index (χ3v) is 8.78. The largest absolute Gasteiger partial charge is 0.349 e. The first-order valence-corrected chi connectivity index (χ1v) is 12.8. The standard InChI is InChI=1S/C23H31N5O2S/c1-3-28-22-10-9-19(31(29,30)27-12-5-4-6-13-27)16-20(22)24-23(28)17-26-15-14-25-11-7-8-21(25)18(26)2/h7-11,16,18H,3-6,12-15,17H2,1-2H3/t18-/m0/s1. The minimum atomic E-state index is -3.46. The third-order valence-electron chi connectivity index (χ3n) is 6.88. The number of benzene rings is 1. The molecule has 166 valence electrons. The summed E-state index contributed by atoms with van der Waals surface area (Å²) in [5, 5.41) is 0. The van der Waals surface area contributed by atoms with Gasteiger partial charge in [0.05, 0.1) is 22.5 Å². The summed E-state index contributed by atoms with van der Waals surface area (Å²) in [6.45, 7) is 9.11. The van der Waals surface area contributed by atoms with Gasteiger partial charge in [-0.05, 0) is 57.0 Å². The molecular formula is C23H31N5O2S. The summed E-state index contributed by atoms with van der Waals surface area (Å²) in [7, 11) is -3.46. The molecule has 1 fully saturated rings. The normalized spacial score (nSPS) is 20.9. The Labute approximate surface area is 184 Å². The van der Waals surface area contributed by atoms with Crippen LogP contribution in [-0.2, 0) is 29.7 Å². The molecule has 31 heavy (non-hydrogen) atoms. The average Bonchev–Trinajstić information content (AvgIpc) is 3.40. The quantitative estimate of drug-likeness (QED) is 0.607. The lowest BCUT2D eigenvalue weighted by atomic mass is 10.1. The van der Waals surface area contributed by atoms with Crippen molar-refractivity contribution < 1.29 is 8.42 Å². The number of piperidine rings is 1. The van der Waals surface area contributed by atoms with Gasteiger partial charge >= 0.3 is 0 Å². The van der Waals surface area contributed by atoms with Crippen LogP contribution in [-0.4, -0.2) is 51.4 Å². The Morgan fingerprint density at radius 3 is 2.65 bits per heavy atom. The zero-order chi connectivity index (χ0) is 21.6. The van der Waals surface area contributed by atoms with Crippen LogP contribution in [0.1, 0.15) is 50.7 Å². The fourth-order valence-corrected chi connectivity index (χ4v) is 6.61. The molecule has 2 aliphatic rings. The highest BCUT2D eigenvalue weighted by atomic mass is 32.2. The van der Waals surface area contributed by atoms with E-state index in [0.29, 0.717) is 24.0 Å². The van der Waals surface area contributed by atoms with Gasteiger partial charge in [-0.2, -0.15) is 4.31 Å². The van der Waals surface area contributed by atoms with Gasteiger partial charge in [0, 0.05) is 50.7 Å². The second-order valence-electron chi connectivity index (χ2n) is 8.66. The third kappa shape index (κ3) is 3.60. The Hall–Kier alpha value is -2.16. The van der Waals surface area contributed by atoms with E-state index >= 15 is 0 Å². The molecule has 1 saturated heterocycles. The van der Waals surface area contributed by atoms with Gasteiger partial charge in [-0.25, -0.2) is 13.4 Å². The predicted octanol–water partition coefficient (Wildman–Crippen LogP) is 3.61. The number of aromatic nitrogens is 3. The summed E-state index contributed by atoms with van der Waals surface area (Å²) >= 11 is 0. The molecule has 2 aliphatic heterocycles. The van der Waals surface area contributed by atoms with Gasteiger partial charge < -0.3 is 9.13 Å². The number of nitrogens with zero attached hydrogens (tertiary/aromatic N) is 5. The highest BCUT2D eigenvalue weighted by molar-refractivity contribution is 7.89. The minimum absolute atomic E-state index is 0.323. The van der Waals surface area contributed by atoms with Gasteiger partial charge in [-0.15, -0.1) is 0 Å². The lowest BCUT2D eigenvalue weighted by Gasteiger charge is -2.34. The number of imidazole rings is 1. The second-order valence-corrected chi connectivity index (χ2v) is 10.6. The molecule has 2 aromatic heterocycles. The van der Waals surface area contributed by atoms with Crippen molar-refractivity contribution in [3.8, 4) is 0 Å². The molecule has 5 rings (SSSR count). The van der Waals surface area contributed by atoms with Crippen LogP contribution in [0.2, 0.25) is 0 Å². The molecule has 0 unspecified atom stereocenters. The monoisotopic (exact) mass is 441 g/mol. The lowest BCUT2D eigenvalue weighted by Crippen LogP contribution is -2.36. The molecule has 0 bridgehead atoms. The molecule has 0 aliphatic carbocycles. The molecule has 3 aromatic rings. The SMILES string of the molecule is CCn1c(CN2CCn3cccc3[C@@H]2C)nc2cc(S(=O)(=O)N3CCCCC3)ccc21. The van der Waals surface area contributed by atoms with Crippen molar-refractivity contribution in [2.75, 3.05) is 19.6 Å². The Kier molecular flexibility index (Phi) is 5.40. The maximum Gasteiger partial charge on any atom is 0.243 e. The van der Waals surface area contributed by atoms with Crippen molar-refractivity contribution in [2.45, 2.75) is 63.7 Å². The van der Waals surface area contributed by atoms with Crippen LogP contribution in [0.15, 0.2) is 41.4 Å². The summed E-state index contributed by atoms with van der Waals surface area (Å²) in [5.41, 5.74) is 3.10. The fourth-order valence-electron chi connectivity index (χ4n) is 5.07. The maximum atomic E-state index is 13.1. The van der Waals surface area contributed by atoms with E-state index in [-0.39, 0.29) is 0 Å². The second kappa shape index (κ2) is 8.07. The number of fused-ring (bicyclic) bond motifs is 2. The van der Waals surface area contributed by atoms with Gasteiger partial charge in [0.2, 0.25) is 10.0 Å². The smallest absolute Gasteiger partial charge is 0.243 e. The summed E-state index contributed by atoms with van der Waals surface area (Å²) in [4.78, 5) is 7.72. The molecule has 1 atom stereocenters. The lowest BCUT2D eigenvalue weighted by molar-refractivity contribution is 0.155. The van der Waals surface area contributed by atoms with E-state index in [2.05, 4.69) is 46.2 Å². The molecule has 0 amide bonds. The molecular weight excluding hydrogens is 410 g/mol. The zero-order valence-corrected chi connectivity index (χ0v) is 19.2. The molecule has 0 spiro atoms. The van der Waals surface area contributed by atoms with Gasteiger partial charge in [0.15, 0.2) is 0 Å². The minimum Gasteiger partial charge on any atom is -0.349 e. The molecule has 8 heteroatoms. The van der Waals surface area contributed by atoms with E-state index in [9.17, 15) is 8.42 Å². The molecule has 7 nitrogen and oxygen atoms in total. The van der Waals surface area contributed by atoms with Crippen molar-refractivity contribution in [1.29, 1.82) is 0 Å². The highest BCUT2D eigenvalue weighted by Gasteiger charge is 2.28. The van der Waals surface area contributed by atoms with E-state index in [0.717, 1.165) is 62.3 Å². The number of hydrogen-bond donors (Lipinski definition) is 0. The predicted molar refractivity (Wildman–Crippen MR) is 121 cm³/mol. The van der Waals surface area contributed by atoms with Crippen molar-refractivity contribution in [3.63, 3.8) is 0 Å². The molecule has 0 radical (unpaired) electrons. The van der Waals surface area contributed by atoms with Crippen LogP contribution in [0.4, 0.5) is 0 Å². The summed E-state index contributed by atoms with van der Waals surface area (Å²) in [6.07, 6.45) is 5.13. The van der Waals surface area contributed by atoms with E-state index in [1.165, 1.54) is 5.69 Å². The van der Waals surface area contributed by atoms with Gasteiger partial charge in [-0.1, -0.05) is 6.42 Å². The van der Waals surface area contributed by atoms with Gasteiger partial charge in [0.25, 0.3) is 0 Å². The van der Waals surface area contributed by atoms with Crippen LogP contribution in [0.3, 0.4) is 0 Å². The maximum absolute atomic E-state index is 13.1. The Bertz CT molecular complexity index is 1190. The summed E-state index contributed by atoms with van der Waals surface area (Å²) in [5.74, 6) is 0.997. The number of rotatable bonds is 5. The summed E-state index contributed by atoms with van der Waals surface area (Å²) in [6, 6.07) is 10.1. The van der Waals surface area contributed by atoms with Crippen molar-refractivity contribution in [3.05, 3.63) is 48.0 Å². The number of hydrogen-bond acceptors (Lipinski definition) is 4. The van der Waals surface area contributed by atoms with E-state index in [1.807, 2.05) is 6.07 Å². The van der Waals surface area contributed by atoms with Crippen LogP contribution >= 0.6 is 0 Å². The van der Waals surface area contributed by atoms with Crippen molar-refractivity contribution >= 4 is 21.1 Å². The first kappa shape index (κ1) is 20.7. The first-order valence-electron chi connectivity index (χ1n) is 11.4. The van der Waals surface area contributed by atoms with Crippen LogP contribution in [0.5, 0.6) is 0 Å². The zero-order valence-electron chi connectivity index (χ0n) is 18.4. The number of aryl methyl sites for hydroxylation is 1. The average molecular weight is 442 g/mol. The van der Waals surface area contributed by atoms with Crippen LogP contribution in [0.25, 0.3) is 11.0 Å². The van der Waals surface area contributed by atoms with Gasteiger partial charge in [0.1, 0.15) is 5.82 Å². The van der Waals surface area contributed by atoms with E-state index in [1.54, 1.807) is 16.4 Å². The van der Waals surface area contributed by atoms with Crippen LogP contribution in [0, 0.1) is 0 Å². The van der Waals surface area contributed by atoms with Crippen molar-refractivity contribution in [2.24, 2.45) is 0 Å². The Morgan fingerprint density at radius 1 is 1.06 bits per heavy atom. The highest BCUT2D eigenvalue weighted by Crippen LogP contribution is 2.29. The van der Waals surface area contributed by atoms with E-state index < -0.39 is 10.0 Å². The van der Waals surface area contributed by atoms with Crippen LogP contribution < -0.4 is 0 Å². The Balaban J connectivity index is 1.46. The molecule has 0 saturated carbocycles. The molecule has 4 heterocycles.